The number of carbonyl (C=O) groups is 1. The van der Waals surface area contributed by atoms with Crippen molar-refractivity contribution < 1.29 is 4.79 Å². The van der Waals surface area contributed by atoms with Gasteiger partial charge in [0.2, 0.25) is 0 Å². The number of rotatable bonds is 6. The molecule has 0 aliphatic rings. The van der Waals surface area contributed by atoms with Crippen molar-refractivity contribution in [3.63, 3.8) is 0 Å². The number of thiazole rings is 1. The van der Waals surface area contributed by atoms with Crippen LogP contribution in [0.2, 0.25) is 0 Å². The summed E-state index contributed by atoms with van der Waals surface area (Å²) in [6, 6.07) is 2.01. The van der Waals surface area contributed by atoms with Gasteiger partial charge in [0, 0.05) is 36.4 Å². The van der Waals surface area contributed by atoms with Crippen molar-refractivity contribution in [2.24, 2.45) is 0 Å². The Kier molecular flexibility index (Phi) is 4.94. The van der Waals surface area contributed by atoms with E-state index in [-0.39, 0.29) is 5.91 Å². The van der Waals surface area contributed by atoms with Gasteiger partial charge in [0.05, 0.1) is 11.9 Å². The zero-order chi connectivity index (χ0) is 16.1. The molecule has 6 nitrogen and oxygen atoms in total. The molecule has 0 aliphatic heterocycles. The third-order valence-electron chi connectivity index (χ3n) is 3.05. The summed E-state index contributed by atoms with van der Waals surface area (Å²) in [5, 5.41) is 10.9. The van der Waals surface area contributed by atoms with Crippen molar-refractivity contribution in [2.75, 3.05) is 18.4 Å². The highest BCUT2D eigenvalue weighted by Crippen LogP contribution is 2.29. The van der Waals surface area contributed by atoms with E-state index in [1.807, 2.05) is 23.8 Å². The molecule has 3 heterocycles. The Morgan fingerprint density at radius 2 is 2.22 bits per heavy atom. The van der Waals surface area contributed by atoms with Gasteiger partial charge < -0.3 is 10.6 Å². The van der Waals surface area contributed by atoms with Crippen LogP contribution in [0.3, 0.4) is 0 Å². The van der Waals surface area contributed by atoms with Gasteiger partial charge >= 0.3 is 0 Å². The van der Waals surface area contributed by atoms with Crippen LogP contribution < -0.4 is 10.6 Å². The molecule has 0 spiro atoms. The lowest BCUT2D eigenvalue weighted by Gasteiger charge is -2.06. The minimum absolute atomic E-state index is 0.0950. The molecule has 0 saturated carbocycles. The van der Waals surface area contributed by atoms with Crippen LogP contribution in [0.15, 0.2) is 35.4 Å². The summed E-state index contributed by atoms with van der Waals surface area (Å²) in [7, 11) is 0. The molecule has 0 aromatic carbocycles. The lowest BCUT2D eigenvalue weighted by Crippen LogP contribution is -2.28. The van der Waals surface area contributed by atoms with E-state index in [0.29, 0.717) is 23.8 Å². The summed E-state index contributed by atoms with van der Waals surface area (Å²) in [5.41, 5.74) is 1.82. The molecule has 8 heteroatoms. The molecule has 3 aromatic rings. The average molecular weight is 345 g/mol. The highest BCUT2D eigenvalue weighted by molar-refractivity contribution is 7.17. The maximum absolute atomic E-state index is 12.3. The van der Waals surface area contributed by atoms with Crippen LogP contribution in [0.25, 0.3) is 10.6 Å². The molecule has 0 atom stereocenters. The number of thiophene rings is 1. The molecule has 0 aliphatic carbocycles. The van der Waals surface area contributed by atoms with Gasteiger partial charge in [0.25, 0.3) is 5.91 Å². The van der Waals surface area contributed by atoms with Crippen LogP contribution in [0.1, 0.15) is 15.4 Å². The Morgan fingerprint density at radius 3 is 2.96 bits per heavy atom. The first-order chi connectivity index (χ1) is 11.2. The van der Waals surface area contributed by atoms with Crippen LogP contribution >= 0.6 is 22.7 Å². The largest absolute Gasteiger partial charge is 0.367 e. The molecule has 0 bridgehead atoms. The molecular weight excluding hydrogens is 330 g/mol. The first-order valence-electron chi connectivity index (χ1n) is 7.02. The fraction of sp³-hybridized carbons (Fsp3) is 0.200. The lowest BCUT2D eigenvalue weighted by atomic mass is 10.3. The number of amides is 1. The van der Waals surface area contributed by atoms with Gasteiger partial charge in [0.15, 0.2) is 0 Å². The van der Waals surface area contributed by atoms with E-state index < -0.39 is 0 Å². The SMILES string of the molecule is Cc1nc(-c2ccsc2)sc1C(=O)NCCNc1cnccn1. The monoisotopic (exact) mass is 345 g/mol. The molecule has 1 amide bonds. The number of nitrogens with one attached hydrogen (secondary N) is 2. The van der Waals surface area contributed by atoms with Crippen LogP contribution in [-0.2, 0) is 0 Å². The Balaban J connectivity index is 1.54. The summed E-state index contributed by atoms with van der Waals surface area (Å²) in [4.78, 5) is 25.5. The number of nitrogens with zero attached hydrogens (tertiary/aromatic N) is 3. The number of aryl methyl sites for hydroxylation is 1. The van der Waals surface area contributed by atoms with Crippen molar-refractivity contribution in [1.82, 2.24) is 20.3 Å². The van der Waals surface area contributed by atoms with Crippen molar-refractivity contribution in [3.05, 3.63) is 46.0 Å². The normalized spacial score (nSPS) is 10.5. The van der Waals surface area contributed by atoms with Crippen molar-refractivity contribution in [3.8, 4) is 10.6 Å². The van der Waals surface area contributed by atoms with E-state index in [0.717, 1.165) is 16.3 Å². The summed E-state index contributed by atoms with van der Waals surface area (Å²) in [6.45, 7) is 2.94. The Bertz CT molecular complexity index is 771. The van der Waals surface area contributed by atoms with E-state index >= 15 is 0 Å². The van der Waals surface area contributed by atoms with Gasteiger partial charge in [-0.25, -0.2) is 9.97 Å². The Hall–Kier alpha value is -2.32. The molecule has 0 saturated heterocycles. The van der Waals surface area contributed by atoms with E-state index in [1.54, 1.807) is 29.9 Å². The maximum atomic E-state index is 12.3. The molecule has 23 heavy (non-hydrogen) atoms. The maximum Gasteiger partial charge on any atom is 0.263 e. The number of anilines is 1. The highest BCUT2D eigenvalue weighted by Gasteiger charge is 2.15. The van der Waals surface area contributed by atoms with Crippen LogP contribution in [0.4, 0.5) is 5.82 Å². The molecule has 2 N–H and O–H groups in total. The fourth-order valence-corrected chi connectivity index (χ4v) is 3.65. The van der Waals surface area contributed by atoms with Gasteiger partial charge in [-0.1, -0.05) is 0 Å². The summed E-state index contributed by atoms with van der Waals surface area (Å²) in [6.07, 6.45) is 4.88. The van der Waals surface area contributed by atoms with Gasteiger partial charge in [-0.3, -0.25) is 9.78 Å². The second kappa shape index (κ2) is 7.30. The van der Waals surface area contributed by atoms with Crippen LogP contribution in [-0.4, -0.2) is 33.9 Å². The standard InChI is InChI=1S/C15H15N5OS2/c1-10-13(23-15(20-10)11-2-7-22-9-11)14(21)19-6-5-18-12-8-16-3-4-17-12/h2-4,7-9H,5-6H2,1H3,(H,17,18)(H,19,21). The van der Waals surface area contributed by atoms with Gasteiger partial charge in [0.1, 0.15) is 15.7 Å². The minimum Gasteiger partial charge on any atom is -0.367 e. The first-order valence-corrected chi connectivity index (χ1v) is 8.78. The van der Waals surface area contributed by atoms with Crippen LogP contribution in [0, 0.1) is 6.92 Å². The van der Waals surface area contributed by atoms with E-state index in [1.165, 1.54) is 11.3 Å². The third-order valence-corrected chi connectivity index (χ3v) is 4.94. The highest BCUT2D eigenvalue weighted by atomic mass is 32.1. The summed E-state index contributed by atoms with van der Waals surface area (Å²) in [5.74, 6) is 0.595. The van der Waals surface area contributed by atoms with E-state index in [2.05, 4.69) is 25.6 Å². The zero-order valence-corrected chi connectivity index (χ0v) is 14.1. The molecule has 118 valence electrons. The second-order valence-electron chi connectivity index (χ2n) is 4.72. The molecule has 0 radical (unpaired) electrons. The molecule has 0 fully saturated rings. The topological polar surface area (TPSA) is 79.8 Å². The Morgan fingerprint density at radius 1 is 1.30 bits per heavy atom. The molecule has 0 unspecified atom stereocenters. The van der Waals surface area contributed by atoms with Crippen molar-refractivity contribution >= 4 is 34.4 Å². The molecular formula is C15H15N5OS2. The lowest BCUT2D eigenvalue weighted by molar-refractivity contribution is 0.0958. The predicted octanol–water partition coefficient (Wildman–Crippen LogP) is 2.81. The number of hydrogen-bond acceptors (Lipinski definition) is 7. The molecule has 3 aromatic heterocycles. The van der Waals surface area contributed by atoms with Gasteiger partial charge in [-0.15, -0.1) is 11.3 Å². The Labute approximate surface area is 141 Å². The summed E-state index contributed by atoms with van der Waals surface area (Å²) >= 11 is 3.04. The van der Waals surface area contributed by atoms with E-state index in [4.69, 9.17) is 0 Å². The number of hydrogen-bond donors (Lipinski definition) is 2. The first kappa shape index (κ1) is 15.6. The zero-order valence-electron chi connectivity index (χ0n) is 12.4. The van der Waals surface area contributed by atoms with Gasteiger partial charge in [-0.2, -0.15) is 11.3 Å². The number of aromatic nitrogens is 3. The van der Waals surface area contributed by atoms with Crippen molar-refractivity contribution in [1.29, 1.82) is 0 Å². The smallest absolute Gasteiger partial charge is 0.263 e. The molecule has 3 rings (SSSR count). The predicted molar refractivity (Wildman–Crippen MR) is 93.0 cm³/mol. The van der Waals surface area contributed by atoms with E-state index in [9.17, 15) is 4.79 Å². The second-order valence-corrected chi connectivity index (χ2v) is 6.50. The summed E-state index contributed by atoms with van der Waals surface area (Å²) < 4.78 is 0. The van der Waals surface area contributed by atoms with Crippen molar-refractivity contribution in [2.45, 2.75) is 6.92 Å². The number of carbonyl (C=O) groups excluding carboxylic acids is 1. The van der Waals surface area contributed by atoms with Crippen LogP contribution in [0.5, 0.6) is 0 Å². The average Bonchev–Trinajstić information content (AvgIpc) is 3.21. The van der Waals surface area contributed by atoms with Gasteiger partial charge in [-0.05, 0) is 18.4 Å². The quantitative estimate of drug-likeness (QED) is 0.672. The fourth-order valence-electron chi connectivity index (χ4n) is 1.95. The third kappa shape index (κ3) is 3.91. The minimum atomic E-state index is -0.0950.